The van der Waals surface area contributed by atoms with E-state index in [9.17, 15) is 0 Å². The van der Waals surface area contributed by atoms with Gasteiger partial charge in [0.05, 0.1) is 3.39 Å². The molecule has 1 aromatic rings. The lowest BCUT2D eigenvalue weighted by atomic mass is 10.2. The number of phenolic OH excluding ortho intramolecular Hbond substituents is 1. The van der Waals surface area contributed by atoms with Gasteiger partial charge in [-0.05, 0) is 55.6 Å². The number of hydrogen-bond donors (Lipinski definition) is 1. The van der Waals surface area contributed by atoms with Crippen LogP contribution in [-0.4, -0.2) is 5.11 Å². The Bertz CT molecular complexity index is 277. The molecule has 0 aromatic heterocycles. The Kier molecular flexibility index (Phi) is 3.15. The third kappa shape index (κ3) is 3.08. The predicted molar refractivity (Wildman–Crippen MR) is 53.9 cm³/mol. The van der Waals surface area contributed by atoms with E-state index in [0.717, 1.165) is 8.96 Å². The summed E-state index contributed by atoms with van der Waals surface area (Å²) in [5.74, 6) is 0.278. The Hall–Kier alpha value is -0.280. The van der Waals surface area contributed by atoms with E-state index in [1.165, 1.54) is 0 Å². The first-order valence-corrected chi connectivity index (χ1v) is 4.59. The first-order valence-electron chi connectivity index (χ1n) is 3.00. The maximum Gasteiger partial charge on any atom is 0.116 e. The molecule has 1 nitrogen and oxygen atoms in total. The number of rotatable bonds is 1. The van der Waals surface area contributed by atoms with Crippen molar-refractivity contribution >= 4 is 37.9 Å². The van der Waals surface area contributed by atoms with E-state index in [4.69, 9.17) is 5.11 Å². The van der Waals surface area contributed by atoms with Gasteiger partial charge in [-0.3, -0.25) is 0 Å². The summed E-state index contributed by atoms with van der Waals surface area (Å²) < 4.78 is 0.857. The number of phenols is 1. The highest BCUT2D eigenvalue weighted by Gasteiger charge is 1.90. The summed E-state index contributed by atoms with van der Waals surface area (Å²) in [5.41, 5.74) is 0.953. The van der Waals surface area contributed by atoms with Crippen molar-refractivity contribution in [3.63, 3.8) is 0 Å². The highest BCUT2D eigenvalue weighted by atomic mass is 79.9. The zero-order chi connectivity index (χ0) is 8.27. The van der Waals surface area contributed by atoms with Crippen LogP contribution in [0.15, 0.2) is 27.7 Å². The van der Waals surface area contributed by atoms with Crippen LogP contribution < -0.4 is 0 Å². The maximum absolute atomic E-state index is 9.07. The normalized spacial score (nSPS) is 9.27. The number of benzene rings is 1. The van der Waals surface area contributed by atoms with Gasteiger partial charge in [0.25, 0.3) is 0 Å². The van der Waals surface area contributed by atoms with Crippen LogP contribution in [-0.2, 0) is 0 Å². The van der Waals surface area contributed by atoms with Gasteiger partial charge in [-0.1, -0.05) is 12.1 Å². The van der Waals surface area contributed by atoms with Gasteiger partial charge in [-0.2, -0.15) is 0 Å². The van der Waals surface area contributed by atoms with Crippen LogP contribution in [0.5, 0.6) is 5.75 Å². The summed E-state index contributed by atoms with van der Waals surface area (Å²) in [6.45, 7) is 0. The van der Waals surface area contributed by atoms with Gasteiger partial charge in [-0.15, -0.1) is 0 Å². The summed E-state index contributed by atoms with van der Waals surface area (Å²) in [4.78, 5) is 0. The van der Waals surface area contributed by atoms with E-state index in [1.54, 1.807) is 18.2 Å². The van der Waals surface area contributed by atoms with Crippen LogP contribution in [0.1, 0.15) is 5.56 Å². The molecule has 0 saturated carbocycles. The van der Waals surface area contributed by atoms with Crippen LogP contribution in [0.3, 0.4) is 0 Å². The van der Waals surface area contributed by atoms with Crippen LogP contribution in [0.2, 0.25) is 0 Å². The zero-order valence-corrected chi connectivity index (χ0v) is 8.76. The highest BCUT2D eigenvalue weighted by molar-refractivity contribution is 9.28. The molecule has 1 rings (SSSR count). The number of hydrogen-bond acceptors (Lipinski definition) is 1. The standard InChI is InChI=1S/C8H6Br2O/c9-8(10)5-6-2-1-3-7(11)4-6/h1-5,11H. The molecule has 1 N–H and O–H groups in total. The molecule has 0 spiro atoms. The van der Waals surface area contributed by atoms with E-state index in [2.05, 4.69) is 31.9 Å². The van der Waals surface area contributed by atoms with Gasteiger partial charge in [0, 0.05) is 0 Å². The summed E-state index contributed by atoms with van der Waals surface area (Å²) in [6.07, 6.45) is 1.86. The fourth-order valence-corrected chi connectivity index (χ4v) is 1.27. The van der Waals surface area contributed by atoms with Crippen molar-refractivity contribution in [3.05, 3.63) is 33.2 Å². The van der Waals surface area contributed by atoms with Crippen molar-refractivity contribution in [1.29, 1.82) is 0 Å². The molecule has 0 saturated heterocycles. The lowest BCUT2D eigenvalue weighted by Crippen LogP contribution is -1.69. The Morgan fingerprint density at radius 3 is 2.64 bits per heavy atom. The second kappa shape index (κ2) is 3.93. The third-order valence-electron chi connectivity index (χ3n) is 1.15. The fraction of sp³-hybridized carbons (Fsp3) is 0. The molecule has 0 amide bonds. The van der Waals surface area contributed by atoms with Gasteiger partial charge in [0.1, 0.15) is 5.75 Å². The van der Waals surface area contributed by atoms with Gasteiger partial charge in [-0.25, -0.2) is 0 Å². The lowest BCUT2D eigenvalue weighted by Gasteiger charge is -1.93. The topological polar surface area (TPSA) is 20.2 Å². The summed E-state index contributed by atoms with van der Waals surface area (Å²) >= 11 is 6.46. The van der Waals surface area contributed by atoms with Crippen molar-refractivity contribution in [2.45, 2.75) is 0 Å². The SMILES string of the molecule is Oc1cccc(C=C(Br)Br)c1. The molecule has 0 fully saturated rings. The fourth-order valence-electron chi connectivity index (χ4n) is 0.741. The molecule has 11 heavy (non-hydrogen) atoms. The molecule has 0 heterocycles. The monoisotopic (exact) mass is 276 g/mol. The second-order valence-corrected chi connectivity index (χ2v) is 4.80. The zero-order valence-electron chi connectivity index (χ0n) is 5.59. The van der Waals surface area contributed by atoms with Crippen LogP contribution >= 0.6 is 31.9 Å². The largest absolute Gasteiger partial charge is 0.508 e. The third-order valence-corrected chi connectivity index (χ3v) is 1.60. The van der Waals surface area contributed by atoms with E-state index in [0.29, 0.717) is 0 Å². The quantitative estimate of drug-likeness (QED) is 0.833. The molecule has 0 aliphatic heterocycles. The van der Waals surface area contributed by atoms with Gasteiger partial charge in [0.15, 0.2) is 0 Å². The average Bonchev–Trinajstić information content (AvgIpc) is 1.85. The number of halogens is 2. The van der Waals surface area contributed by atoms with Crippen molar-refractivity contribution in [3.8, 4) is 5.75 Å². The molecule has 0 atom stereocenters. The van der Waals surface area contributed by atoms with Crippen LogP contribution in [0.4, 0.5) is 0 Å². The van der Waals surface area contributed by atoms with Crippen LogP contribution in [0, 0.1) is 0 Å². The summed E-state index contributed by atoms with van der Waals surface area (Å²) in [7, 11) is 0. The maximum atomic E-state index is 9.07. The van der Waals surface area contributed by atoms with E-state index < -0.39 is 0 Å². The Morgan fingerprint density at radius 1 is 1.36 bits per heavy atom. The minimum atomic E-state index is 0.278. The van der Waals surface area contributed by atoms with Crippen molar-refractivity contribution in [2.75, 3.05) is 0 Å². The minimum Gasteiger partial charge on any atom is -0.508 e. The molecule has 0 bridgehead atoms. The smallest absolute Gasteiger partial charge is 0.116 e. The number of aromatic hydroxyl groups is 1. The molecule has 58 valence electrons. The van der Waals surface area contributed by atoms with Crippen LogP contribution in [0.25, 0.3) is 6.08 Å². The molecule has 0 radical (unpaired) electrons. The Morgan fingerprint density at radius 2 is 2.09 bits per heavy atom. The summed E-state index contributed by atoms with van der Waals surface area (Å²) in [6, 6.07) is 7.02. The molecular formula is C8H6Br2O. The molecule has 3 heteroatoms. The van der Waals surface area contributed by atoms with E-state index in [-0.39, 0.29) is 5.75 Å². The average molecular weight is 278 g/mol. The molecule has 1 aromatic carbocycles. The first kappa shape index (κ1) is 8.81. The minimum absolute atomic E-state index is 0.278. The van der Waals surface area contributed by atoms with Crippen molar-refractivity contribution in [1.82, 2.24) is 0 Å². The van der Waals surface area contributed by atoms with Gasteiger partial charge < -0.3 is 5.11 Å². The van der Waals surface area contributed by atoms with E-state index in [1.807, 2.05) is 12.1 Å². The first-order chi connectivity index (χ1) is 5.18. The Balaban J connectivity index is 2.97. The lowest BCUT2D eigenvalue weighted by molar-refractivity contribution is 0.475. The van der Waals surface area contributed by atoms with Gasteiger partial charge >= 0.3 is 0 Å². The predicted octanol–water partition coefficient (Wildman–Crippen LogP) is 3.48. The molecule has 0 aliphatic carbocycles. The molecular weight excluding hydrogens is 272 g/mol. The second-order valence-electron chi connectivity index (χ2n) is 2.03. The Labute approximate surface area is 82.0 Å². The molecule has 0 unspecified atom stereocenters. The molecule has 0 aliphatic rings. The summed E-state index contributed by atoms with van der Waals surface area (Å²) in [5, 5.41) is 9.07. The van der Waals surface area contributed by atoms with E-state index >= 15 is 0 Å². The van der Waals surface area contributed by atoms with Crippen molar-refractivity contribution < 1.29 is 5.11 Å². The highest BCUT2D eigenvalue weighted by Crippen LogP contribution is 2.20. The van der Waals surface area contributed by atoms with Crippen molar-refractivity contribution in [2.24, 2.45) is 0 Å². The van der Waals surface area contributed by atoms with Gasteiger partial charge in [0.2, 0.25) is 0 Å².